The Hall–Kier alpha value is -1.77. The molecule has 1 aromatic carbocycles. The van der Waals surface area contributed by atoms with Crippen LogP contribution in [0.3, 0.4) is 0 Å². The monoisotopic (exact) mass is 410 g/mol. The zero-order valence-corrected chi connectivity index (χ0v) is 17.2. The fourth-order valence-electron chi connectivity index (χ4n) is 2.87. The van der Waals surface area contributed by atoms with Gasteiger partial charge in [0.25, 0.3) is 0 Å². The lowest BCUT2D eigenvalue weighted by Crippen LogP contribution is -2.48. The minimum Gasteiger partial charge on any atom is -0.486 e. The van der Waals surface area contributed by atoms with Gasteiger partial charge in [-0.15, -0.1) is 10.2 Å². The van der Waals surface area contributed by atoms with Gasteiger partial charge in [0.15, 0.2) is 11.0 Å². The third-order valence-electron chi connectivity index (χ3n) is 4.20. The molecule has 1 fully saturated rings. The first-order valence-corrected chi connectivity index (χ1v) is 10.1. The number of thioether (sulfide) groups is 1. The van der Waals surface area contributed by atoms with Crippen molar-refractivity contribution in [2.75, 3.05) is 18.8 Å². The summed E-state index contributed by atoms with van der Waals surface area (Å²) in [5, 5.41) is 9.68. The number of carbonyl (C=O) groups excluding carboxylic acids is 1. The molecule has 0 spiro atoms. The topological polar surface area (TPSA) is 69.5 Å². The Labute approximate surface area is 168 Å². The van der Waals surface area contributed by atoms with Crippen molar-refractivity contribution in [1.82, 2.24) is 19.7 Å². The van der Waals surface area contributed by atoms with Crippen LogP contribution in [0.5, 0.6) is 5.75 Å². The molecule has 3 rings (SSSR count). The van der Waals surface area contributed by atoms with Gasteiger partial charge in [0.05, 0.1) is 18.0 Å². The predicted octanol–water partition coefficient (Wildman–Crippen LogP) is 2.78. The second kappa shape index (κ2) is 8.95. The Morgan fingerprint density at radius 1 is 1.26 bits per heavy atom. The summed E-state index contributed by atoms with van der Waals surface area (Å²) in [5.41, 5.74) is 0. The third-order valence-corrected chi connectivity index (χ3v) is 5.46. The van der Waals surface area contributed by atoms with Gasteiger partial charge in [0.1, 0.15) is 12.4 Å². The molecule has 1 aromatic heterocycles. The number of rotatable bonds is 6. The van der Waals surface area contributed by atoms with E-state index in [9.17, 15) is 4.79 Å². The van der Waals surface area contributed by atoms with Crippen LogP contribution in [-0.2, 0) is 23.2 Å². The van der Waals surface area contributed by atoms with E-state index in [0.29, 0.717) is 40.6 Å². The Morgan fingerprint density at radius 2 is 1.93 bits per heavy atom. The average Bonchev–Trinajstić information content (AvgIpc) is 2.98. The molecule has 2 heterocycles. The van der Waals surface area contributed by atoms with Crippen LogP contribution >= 0.6 is 23.4 Å². The van der Waals surface area contributed by atoms with E-state index in [-0.39, 0.29) is 24.7 Å². The molecule has 1 aliphatic heterocycles. The highest BCUT2D eigenvalue weighted by Crippen LogP contribution is 2.20. The molecule has 1 aliphatic rings. The van der Waals surface area contributed by atoms with Crippen LogP contribution in [0.15, 0.2) is 29.4 Å². The molecule has 2 atom stereocenters. The number of halogens is 1. The molecule has 1 saturated heterocycles. The summed E-state index contributed by atoms with van der Waals surface area (Å²) >= 11 is 7.25. The summed E-state index contributed by atoms with van der Waals surface area (Å²) in [6.07, 6.45) is 0.128. The fourth-order valence-corrected chi connectivity index (χ4v) is 3.83. The summed E-state index contributed by atoms with van der Waals surface area (Å²) in [5.74, 6) is 1.81. The zero-order valence-electron chi connectivity index (χ0n) is 15.6. The number of hydrogen-bond acceptors (Lipinski definition) is 6. The molecule has 0 radical (unpaired) electrons. The van der Waals surface area contributed by atoms with E-state index in [1.165, 1.54) is 11.8 Å². The van der Waals surface area contributed by atoms with Crippen molar-refractivity contribution in [3.05, 3.63) is 35.1 Å². The van der Waals surface area contributed by atoms with Crippen LogP contribution in [0.25, 0.3) is 0 Å². The standard InChI is InChI=1S/C18H23ClN4O3S/c1-12-8-23(9-13(2)26-12)17(24)11-27-18-21-20-16(22(18)3)10-25-15-6-4-14(19)5-7-15/h4-7,12-13H,8-11H2,1-3H3/t12-,13+. The summed E-state index contributed by atoms with van der Waals surface area (Å²) < 4.78 is 13.2. The second-order valence-corrected chi connectivity index (χ2v) is 7.92. The van der Waals surface area contributed by atoms with Crippen LogP contribution in [-0.4, -0.2) is 56.6 Å². The minimum atomic E-state index is 0.0640. The third kappa shape index (κ3) is 5.37. The molecule has 0 saturated carbocycles. The Kier molecular flexibility index (Phi) is 6.62. The summed E-state index contributed by atoms with van der Waals surface area (Å²) in [7, 11) is 1.87. The molecule has 1 amide bonds. The number of nitrogens with zero attached hydrogens (tertiary/aromatic N) is 4. The first-order valence-electron chi connectivity index (χ1n) is 8.75. The van der Waals surface area contributed by atoms with Crippen LogP contribution in [0, 0.1) is 0 Å². The molecule has 0 N–H and O–H groups in total. The van der Waals surface area contributed by atoms with E-state index in [1.54, 1.807) is 24.3 Å². The SMILES string of the molecule is C[C@@H]1CN(C(=O)CSc2nnc(COc3ccc(Cl)cc3)n2C)C[C@H](C)O1. The highest BCUT2D eigenvalue weighted by Gasteiger charge is 2.26. The summed E-state index contributed by atoms with van der Waals surface area (Å²) in [6, 6.07) is 7.15. The smallest absolute Gasteiger partial charge is 0.233 e. The molecule has 27 heavy (non-hydrogen) atoms. The largest absolute Gasteiger partial charge is 0.486 e. The minimum absolute atomic E-state index is 0.0640. The van der Waals surface area contributed by atoms with E-state index in [0.717, 1.165) is 0 Å². The van der Waals surface area contributed by atoms with Gasteiger partial charge in [0.2, 0.25) is 5.91 Å². The molecule has 2 aromatic rings. The van der Waals surface area contributed by atoms with E-state index >= 15 is 0 Å². The van der Waals surface area contributed by atoms with Crippen LogP contribution in [0.2, 0.25) is 5.02 Å². The number of carbonyl (C=O) groups is 1. The number of morpholine rings is 1. The number of ether oxygens (including phenoxy) is 2. The average molecular weight is 411 g/mol. The molecule has 0 unspecified atom stereocenters. The maximum atomic E-state index is 12.5. The van der Waals surface area contributed by atoms with Gasteiger partial charge in [-0.3, -0.25) is 4.79 Å². The highest BCUT2D eigenvalue weighted by atomic mass is 35.5. The van der Waals surface area contributed by atoms with Gasteiger partial charge in [-0.05, 0) is 38.1 Å². The normalized spacial score (nSPS) is 19.9. The molecule has 0 bridgehead atoms. The first-order chi connectivity index (χ1) is 12.9. The van der Waals surface area contributed by atoms with Crippen LogP contribution in [0.1, 0.15) is 19.7 Å². The van der Waals surface area contributed by atoms with Crippen molar-refractivity contribution in [3.8, 4) is 5.75 Å². The van der Waals surface area contributed by atoms with Gasteiger partial charge < -0.3 is 18.9 Å². The first kappa shape index (κ1) is 20.0. The molecule has 0 aliphatic carbocycles. The number of aromatic nitrogens is 3. The lowest BCUT2D eigenvalue weighted by Gasteiger charge is -2.35. The van der Waals surface area contributed by atoms with Crippen LogP contribution in [0.4, 0.5) is 0 Å². The maximum Gasteiger partial charge on any atom is 0.233 e. The Balaban J connectivity index is 1.52. The van der Waals surface area contributed by atoms with E-state index in [1.807, 2.05) is 30.4 Å². The number of amides is 1. The lowest BCUT2D eigenvalue weighted by molar-refractivity contribution is -0.140. The number of benzene rings is 1. The van der Waals surface area contributed by atoms with Gasteiger partial charge in [-0.25, -0.2) is 0 Å². The van der Waals surface area contributed by atoms with Gasteiger partial charge in [-0.2, -0.15) is 0 Å². The lowest BCUT2D eigenvalue weighted by atomic mass is 10.2. The maximum absolute atomic E-state index is 12.5. The van der Waals surface area contributed by atoms with Crippen molar-refractivity contribution in [2.24, 2.45) is 7.05 Å². The molecule has 9 heteroatoms. The predicted molar refractivity (Wildman–Crippen MR) is 104 cm³/mol. The molecule has 146 valence electrons. The van der Waals surface area contributed by atoms with Crippen molar-refractivity contribution in [1.29, 1.82) is 0 Å². The van der Waals surface area contributed by atoms with Crippen molar-refractivity contribution in [2.45, 2.75) is 37.8 Å². The zero-order chi connectivity index (χ0) is 19.4. The van der Waals surface area contributed by atoms with Crippen molar-refractivity contribution < 1.29 is 14.3 Å². The quantitative estimate of drug-likeness (QED) is 0.682. The van der Waals surface area contributed by atoms with Crippen molar-refractivity contribution >= 4 is 29.3 Å². The summed E-state index contributed by atoms with van der Waals surface area (Å²) in [4.78, 5) is 14.3. The Bertz CT molecular complexity index is 773. The van der Waals surface area contributed by atoms with Crippen molar-refractivity contribution in [3.63, 3.8) is 0 Å². The summed E-state index contributed by atoms with van der Waals surface area (Å²) in [6.45, 7) is 5.51. The molecular weight excluding hydrogens is 388 g/mol. The number of hydrogen-bond donors (Lipinski definition) is 0. The van der Waals surface area contributed by atoms with E-state index in [2.05, 4.69) is 10.2 Å². The van der Waals surface area contributed by atoms with E-state index < -0.39 is 0 Å². The Morgan fingerprint density at radius 3 is 2.59 bits per heavy atom. The van der Waals surface area contributed by atoms with Gasteiger partial charge >= 0.3 is 0 Å². The van der Waals surface area contributed by atoms with Gasteiger partial charge in [0, 0.05) is 25.2 Å². The van der Waals surface area contributed by atoms with Crippen LogP contribution < -0.4 is 4.74 Å². The fraction of sp³-hybridized carbons (Fsp3) is 0.500. The van der Waals surface area contributed by atoms with E-state index in [4.69, 9.17) is 21.1 Å². The molecular formula is C18H23ClN4O3S. The molecule has 7 nitrogen and oxygen atoms in total. The second-order valence-electron chi connectivity index (χ2n) is 6.55. The highest BCUT2D eigenvalue weighted by molar-refractivity contribution is 7.99. The van der Waals surface area contributed by atoms with Gasteiger partial charge in [-0.1, -0.05) is 23.4 Å².